The molecule has 5 heterocycles. The first kappa shape index (κ1) is 32.5. The molecule has 3 aromatic rings. The Hall–Kier alpha value is -4.39. The van der Waals surface area contributed by atoms with Crippen molar-refractivity contribution in [3.8, 4) is 11.6 Å². The molecule has 3 aliphatic heterocycles. The quantitative estimate of drug-likeness (QED) is 0.345. The van der Waals surface area contributed by atoms with E-state index in [1.807, 2.05) is 26.8 Å². The van der Waals surface area contributed by atoms with Crippen LogP contribution in [0, 0.1) is 17.2 Å². The van der Waals surface area contributed by atoms with Gasteiger partial charge in [0.1, 0.15) is 23.7 Å². The molecule has 12 nitrogen and oxygen atoms in total. The second-order valence-electron chi connectivity index (χ2n) is 13.4. The standard InChI is InChI=1S/C34H44FN9O3/c1-4-44(23(2)3)33(46)27-17-26(35)6-7-28(27)47-32-31(38-22-39-40-32)43-20-34(21-43)11-15-41(16-12-34)19-24-9-13-42(14-10-24)29-8-5-25(18-37-29)30(36)45/h5-8,17-18,22-24H,4,9-16,19-21H2,1-3H3,(H2,36,45). The van der Waals surface area contributed by atoms with E-state index >= 15 is 0 Å². The predicted octanol–water partition coefficient (Wildman–Crippen LogP) is 3.99. The molecule has 0 saturated carbocycles. The number of amides is 2. The third kappa shape index (κ3) is 7.14. The van der Waals surface area contributed by atoms with E-state index in [-0.39, 0.29) is 34.6 Å². The summed E-state index contributed by atoms with van der Waals surface area (Å²) in [6.45, 7) is 13.1. The Balaban J connectivity index is 1.01. The van der Waals surface area contributed by atoms with Gasteiger partial charge in [-0.2, -0.15) is 0 Å². The van der Waals surface area contributed by atoms with Crippen molar-refractivity contribution in [1.82, 2.24) is 30.0 Å². The van der Waals surface area contributed by atoms with Crippen molar-refractivity contribution < 1.29 is 18.7 Å². The number of anilines is 2. The molecule has 250 valence electrons. The van der Waals surface area contributed by atoms with Gasteiger partial charge in [-0.1, -0.05) is 0 Å². The van der Waals surface area contributed by atoms with Crippen LogP contribution < -0.4 is 20.3 Å². The molecule has 3 saturated heterocycles. The lowest BCUT2D eigenvalue weighted by atomic mass is 9.72. The number of hydrogen-bond acceptors (Lipinski definition) is 10. The van der Waals surface area contributed by atoms with Gasteiger partial charge in [-0.3, -0.25) is 9.59 Å². The number of carbonyl (C=O) groups excluding carboxylic acids is 2. The van der Waals surface area contributed by atoms with Crippen LogP contribution in [-0.4, -0.2) is 100 Å². The van der Waals surface area contributed by atoms with Crippen molar-refractivity contribution in [3.63, 3.8) is 0 Å². The van der Waals surface area contributed by atoms with Gasteiger partial charge in [-0.25, -0.2) is 14.4 Å². The molecule has 47 heavy (non-hydrogen) atoms. The summed E-state index contributed by atoms with van der Waals surface area (Å²) in [5.74, 6) is 1.30. The fraction of sp³-hybridized carbons (Fsp3) is 0.529. The fourth-order valence-corrected chi connectivity index (χ4v) is 7.17. The van der Waals surface area contributed by atoms with Crippen LogP contribution in [0.25, 0.3) is 0 Å². The monoisotopic (exact) mass is 645 g/mol. The van der Waals surface area contributed by atoms with Crippen LogP contribution in [-0.2, 0) is 0 Å². The summed E-state index contributed by atoms with van der Waals surface area (Å²) in [6.07, 6.45) is 7.43. The maximum atomic E-state index is 14.3. The first-order valence-corrected chi connectivity index (χ1v) is 16.6. The number of rotatable bonds is 10. The molecule has 1 aromatic carbocycles. The molecule has 0 atom stereocenters. The molecule has 1 spiro atoms. The molecule has 2 amide bonds. The largest absolute Gasteiger partial charge is 0.434 e. The summed E-state index contributed by atoms with van der Waals surface area (Å²) in [5.41, 5.74) is 6.15. The van der Waals surface area contributed by atoms with Gasteiger partial charge < -0.3 is 30.1 Å². The summed E-state index contributed by atoms with van der Waals surface area (Å²) < 4.78 is 20.4. The number of hydrogen-bond donors (Lipinski definition) is 1. The van der Waals surface area contributed by atoms with Crippen molar-refractivity contribution in [3.05, 3.63) is 59.8 Å². The lowest BCUT2D eigenvalue weighted by molar-refractivity contribution is 0.0640. The van der Waals surface area contributed by atoms with E-state index in [0.717, 1.165) is 77.3 Å². The van der Waals surface area contributed by atoms with Crippen molar-refractivity contribution in [2.24, 2.45) is 17.1 Å². The van der Waals surface area contributed by atoms with Crippen LogP contribution in [0.15, 0.2) is 42.9 Å². The molecular weight excluding hydrogens is 601 g/mol. The van der Waals surface area contributed by atoms with Gasteiger partial charge in [0.2, 0.25) is 5.91 Å². The first-order chi connectivity index (χ1) is 22.6. The Bertz CT molecular complexity index is 1560. The van der Waals surface area contributed by atoms with E-state index in [1.54, 1.807) is 17.2 Å². The summed E-state index contributed by atoms with van der Waals surface area (Å²) in [4.78, 5) is 42.3. The Kier molecular flexibility index (Phi) is 9.53. The number of carbonyl (C=O) groups is 2. The van der Waals surface area contributed by atoms with Gasteiger partial charge >= 0.3 is 0 Å². The second kappa shape index (κ2) is 13.8. The van der Waals surface area contributed by atoms with E-state index in [2.05, 4.69) is 34.9 Å². The number of likely N-dealkylation sites (tertiary alicyclic amines) is 1. The second-order valence-corrected chi connectivity index (χ2v) is 13.4. The minimum atomic E-state index is -0.509. The highest BCUT2D eigenvalue weighted by Gasteiger charge is 2.46. The van der Waals surface area contributed by atoms with Gasteiger partial charge in [-0.05, 0) is 95.8 Å². The molecule has 3 aliphatic rings. The van der Waals surface area contributed by atoms with Crippen molar-refractivity contribution in [1.29, 1.82) is 0 Å². The smallest absolute Gasteiger partial charge is 0.282 e. The molecule has 6 rings (SSSR count). The van der Waals surface area contributed by atoms with E-state index in [0.29, 0.717) is 23.8 Å². The highest BCUT2D eigenvalue weighted by Crippen LogP contribution is 2.44. The minimum absolute atomic E-state index is 0.0491. The van der Waals surface area contributed by atoms with Gasteiger partial charge in [-0.15, -0.1) is 10.2 Å². The van der Waals surface area contributed by atoms with E-state index in [1.165, 1.54) is 24.5 Å². The minimum Gasteiger partial charge on any atom is -0.434 e. The zero-order valence-corrected chi connectivity index (χ0v) is 27.4. The van der Waals surface area contributed by atoms with Crippen molar-refractivity contribution >= 4 is 23.5 Å². The highest BCUT2D eigenvalue weighted by atomic mass is 19.1. The number of pyridine rings is 1. The molecule has 0 bridgehead atoms. The Labute approximate surface area is 275 Å². The predicted molar refractivity (Wildman–Crippen MR) is 176 cm³/mol. The van der Waals surface area contributed by atoms with Crippen molar-refractivity contribution in [2.45, 2.75) is 52.5 Å². The molecule has 0 unspecified atom stereocenters. The lowest BCUT2D eigenvalue weighted by Crippen LogP contribution is -2.61. The number of aromatic nitrogens is 4. The van der Waals surface area contributed by atoms with Gasteiger partial charge in [0.05, 0.1) is 11.1 Å². The molecule has 2 aromatic heterocycles. The van der Waals surface area contributed by atoms with Gasteiger partial charge in [0.25, 0.3) is 11.8 Å². The summed E-state index contributed by atoms with van der Waals surface area (Å²) in [6, 6.07) is 7.53. The third-order valence-corrected chi connectivity index (χ3v) is 9.93. The normalized spacial score (nSPS) is 18.3. The van der Waals surface area contributed by atoms with E-state index in [4.69, 9.17) is 10.5 Å². The van der Waals surface area contributed by atoms with Crippen LogP contribution >= 0.6 is 0 Å². The Morgan fingerprint density at radius 1 is 1.06 bits per heavy atom. The number of primary amides is 1. The Morgan fingerprint density at radius 3 is 2.45 bits per heavy atom. The molecule has 13 heteroatoms. The van der Waals surface area contributed by atoms with Crippen LogP contribution in [0.2, 0.25) is 0 Å². The zero-order valence-electron chi connectivity index (χ0n) is 27.4. The number of benzene rings is 1. The zero-order chi connectivity index (χ0) is 33.1. The number of ether oxygens (including phenoxy) is 1. The van der Waals surface area contributed by atoms with Gasteiger partial charge in [0, 0.05) is 56.9 Å². The maximum Gasteiger partial charge on any atom is 0.282 e. The molecular formula is C34H44FN9O3. The van der Waals surface area contributed by atoms with Crippen LogP contribution in [0.5, 0.6) is 11.6 Å². The summed E-state index contributed by atoms with van der Waals surface area (Å²) >= 11 is 0. The average molecular weight is 646 g/mol. The number of piperidine rings is 2. The van der Waals surface area contributed by atoms with Gasteiger partial charge in [0.15, 0.2) is 5.82 Å². The highest BCUT2D eigenvalue weighted by molar-refractivity contribution is 5.97. The molecule has 0 radical (unpaired) electrons. The van der Waals surface area contributed by atoms with E-state index < -0.39 is 11.7 Å². The third-order valence-electron chi connectivity index (χ3n) is 9.93. The SMILES string of the molecule is CCN(C(=O)c1cc(F)ccc1Oc1nncnc1N1CC2(CCN(CC3CCN(c4ccc(C(N)=O)cn4)CC3)CC2)C1)C(C)C. The number of halogens is 1. The maximum absolute atomic E-state index is 14.3. The van der Waals surface area contributed by atoms with Crippen LogP contribution in [0.4, 0.5) is 16.0 Å². The number of nitrogens with two attached hydrogens (primary N) is 1. The first-order valence-electron chi connectivity index (χ1n) is 16.6. The molecule has 0 aliphatic carbocycles. The fourth-order valence-electron chi connectivity index (χ4n) is 7.17. The number of nitrogens with zero attached hydrogens (tertiary/aromatic N) is 8. The average Bonchev–Trinajstić information content (AvgIpc) is 3.06. The molecule has 2 N–H and O–H groups in total. The topological polar surface area (TPSA) is 134 Å². The lowest BCUT2D eigenvalue weighted by Gasteiger charge is -2.54. The summed E-state index contributed by atoms with van der Waals surface area (Å²) in [7, 11) is 0. The van der Waals surface area contributed by atoms with E-state index in [9.17, 15) is 14.0 Å². The van der Waals surface area contributed by atoms with Crippen LogP contribution in [0.1, 0.15) is 67.2 Å². The molecule has 3 fully saturated rings. The van der Waals surface area contributed by atoms with Crippen LogP contribution in [0.3, 0.4) is 0 Å². The Morgan fingerprint density at radius 2 is 1.81 bits per heavy atom. The summed E-state index contributed by atoms with van der Waals surface area (Å²) in [5, 5.41) is 8.16. The van der Waals surface area contributed by atoms with Crippen molar-refractivity contribution in [2.75, 3.05) is 62.2 Å².